The Labute approximate surface area is 298 Å². The second kappa shape index (κ2) is 11.0. The van der Waals surface area contributed by atoms with E-state index >= 15 is 0 Å². The van der Waals surface area contributed by atoms with Crippen molar-refractivity contribution < 1.29 is 0 Å². The molecule has 0 aliphatic carbocycles. The van der Waals surface area contributed by atoms with Gasteiger partial charge in [0.05, 0.1) is 27.8 Å². The van der Waals surface area contributed by atoms with Crippen molar-refractivity contribution in [2.45, 2.75) is 0 Å². The molecule has 51 heavy (non-hydrogen) atoms. The molecule has 0 aliphatic heterocycles. The first kappa shape index (κ1) is 28.4. The Bertz CT molecular complexity index is 3140. The van der Waals surface area contributed by atoms with Crippen LogP contribution in [0.25, 0.3) is 97.4 Å². The monoisotopic (exact) mass is 666 g/mol. The molecule has 0 spiro atoms. The number of para-hydroxylation sites is 2. The molecule has 0 bridgehead atoms. The van der Waals surface area contributed by atoms with E-state index in [4.69, 9.17) is 0 Å². The SMILES string of the molecule is c1ccc(-c2cccc(-c3cccc(-n4c5ccccc5c5ccc6c(c7ccccc7n6-c6cccc7sc8ccccc8c67)c54)c3)c2)cc1. The normalized spacial score (nSPS) is 11.9. The van der Waals surface area contributed by atoms with Crippen molar-refractivity contribution in [3.63, 3.8) is 0 Å². The summed E-state index contributed by atoms with van der Waals surface area (Å²) in [5.74, 6) is 0. The number of hydrogen-bond donors (Lipinski definition) is 0. The van der Waals surface area contributed by atoms with Crippen LogP contribution >= 0.6 is 11.3 Å². The number of nitrogens with zero attached hydrogens (tertiary/aromatic N) is 2. The van der Waals surface area contributed by atoms with Gasteiger partial charge in [0.2, 0.25) is 0 Å². The smallest absolute Gasteiger partial charge is 0.0641 e. The van der Waals surface area contributed by atoms with Crippen LogP contribution in [-0.4, -0.2) is 9.13 Å². The molecule has 0 N–H and O–H groups in total. The number of thiophene rings is 1. The van der Waals surface area contributed by atoms with Crippen molar-refractivity contribution in [3.8, 4) is 33.6 Å². The lowest BCUT2D eigenvalue weighted by atomic mass is 9.99. The lowest BCUT2D eigenvalue weighted by Crippen LogP contribution is -1.96. The summed E-state index contributed by atoms with van der Waals surface area (Å²) in [5, 5.41) is 7.66. The van der Waals surface area contributed by atoms with Crippen molar-refractivity contribution in [2.75, 3.05) is 0 Å². The fraction of sp³-hybridized carbons (Fsp3) is 0. The molecule has 0 saturated carbocycles. The molecule has 0 amide bonds. The van der Waals surface area contributed by atoms with Gasteiger partial charge in [0.1, 0.15) is 0 Å². The highest BCUT2D eigenvalue weighted by atomic mass is 32.1. The van der Waals surface area contributed by atoms with Crippen LogP contribution in [0.4, 0.5) is 0 Å². The highest BCUT2D eigenvalue weighted by Crippen LogP contribution is 2.45. The van der Waals surface area contributed by atoms with E-state index in [1.807, 2.05) is 11.3 Å². The van der Waals surface area contributed by atoms with Crippen LogP contribution in [0.2, 0.25) is 0 Å². The average Bonchev–Trinajstić information content (AvgIpc) is 3.86. The van der Waals surface area contributed by atoms with Crippen LogP contribution in [0, 0.1) is 0 Å². The molecule has 0 atom stereocenters. The number of hydrogen-bond acceptors (Lipinski definition) is 1. The molecule has 2 nitrogen and oxygen atoms in total. The number of benzene rings is 8. The van der Waals surface area contributed by atoms with E-state index in [-0.39, 0.29) is 0 Å². The first-order chi connectivity index (χ1) is 25.3. The summed E-state index contributed by atoms with van der Waals surface area (Å²) < 4.78 is 7.62. The van der Waals surface area contributed by atoms with Crippen LogP contribution < -0.4 is 0 Å². The molecular formula is C48H30N2S. The molecule has 11 rings (SSSR count). The van der Waals surface area contributed by atoms with Gasteiger partial charge < -0.3 is 9.13 Å². The van der Waals surface area contributed by atoms with Crippen LogP contribution in [-0.2, 0) is 0 Å². The predicted octanol–water partition coefficient (Wildman–Crippen LogP) is 13.6. The fourth-order valence-electron chi connectivity index (χ4n) is 8.31. The van der Waals surface area contributed by atoms with Crippen molar-refractivity contribution >= 4 is 75.1 Å². The minimum atomic E-state index is 1.15. The summed E-state index contributed by atoms with van der Waals surface area (Å²) in [4.78, 5) is 0. The fourth-order valence-corrected chi connectivity index (χ4v) is 9.44. The zero-order chi connectivity index (χ0) is 33.5. The lowest BCUT2D eigenvalue weighted by molar-refractivity contribution is 1.18. The summed E-state index contributed by atoms with van der Waals surface area (Å²) in [6.45, 7) is 0. The van der Waals surface area contributed by atoms with Crippen molar-refractivity contribution in [1.82, 2.24) is 9.13 Å². The number of rotatable bonds is 4. The van der Waals surface area contributed by atoms with Gasteiger partial charge in [-0.3, -0.25) is 0 Å². The maximum Gasteiger partial charge on any atom is 0.0641 e. The van der Waals surface area contributed by atoms with Crippen molar-refractivity contribution in [2.24, 2.45) is 0 Å². The Balaban J connectivity index is 1.22. The Morgan fingerprint density at radius 3 is 1.78 bits per heavy atom. The first-order valence-corrected chi connectivity index (χ1v) is 18.3. The van der Waals surface area contributed by atoms with Crippen molar-refractivity contribution in [1.29, 1.82) is 0 Å². The van der Waals surface area contributed by atoms with Crippen LogP contribution in [0.15, 0.2) is 182 Å². The maximum absolute atomic E-state index is 2.50. The standard InChI is InChI=1S/C48H30N2S/c1-2-13-31(14-3-1)32-15-10-16-33(29-32)34-17-11-18-35(30-34)49-40-22-7-4-19-36(40)37-27-28-43-47(48(37)49)38-20-5-8-23-41(38)50(43)42-24-12-26-45-46(42)39-21-6-9-25-44(39)51-45/h1-30H. The van der Waals surface area contributed by atoms with Crippen molar-refractivity contribution in [3.05, 3.63) is 182 Å². The molecule has 11 aromatic rings. The Kier molecular flexibility index (Phi) is 6.16. The third kappa shape index (κ3) is 4.22. The predicted molar refractivity (Wildman–Crippen MR) is 219 cm³/mol. The Morgan fingerprint density at radius 1 is 0.333 bits per heavy atom. The Morgan fingerprint density at radius 2 is 0.941 bits per heavy atom. The second-order valence-corrected chi connectivity index (χ2v) is 14.4. The molecule has 0 saturated heterocycles. The van der Waals surface area contributed by atoms with E-state index < -0.39 is 0 Å². The third-order valence-electron chi connectivity index (χ3n) is 10.5. The van der Waals surface area contributed by atoms with Gasteiger partial charge in [0.15, 0.2) is 0 Å². The van der Waals surface area contributed by atoms with E-state index in [0.717, 1.165) is 5.69 Å². The molecule has 3 heteroatoms. The summed E-state index contributed by atoms with van der Waals surface area (Å²) in [7, 11) is 0. The zero-order valence-electron chi connectivity index (χ0n) is 27.6. The van der Waals surface area contributed by atoms with E-state index in [0.29, 0.717) is 0 Å². The van der Waals surface area contributed by atoms with Gasteiger partial charge in [-0.2, -0.15) is 0 Å². The molecule has 0 radical (unpaired) electrons. The van der Waals surface area contributed by atoms with Gasteiger partial charge in [-0.1, -0.05) is 127 Å². The summed E-state index contributed by atoms with van der Waals surface area (Å²) >= 11 is 1.87. The van der Waals surface area contributed by atoms with Gasteiger partial charge in [-0.05, 0) is 76.9 Å². The average molecular weight is 667 g/mol. The van der Waals surface area contributed by atoms with E-state index in [1.165, 1.54) is 91.7 Å². The molecule has 8 aromatic carbocycles. The topological polar surface area (TPSA) is 9.86 Å². The van der Waals surface area contributed by atoms with E-state index in [9.17, 15) is 0 Å². The maximum atomic E-state index is 2.50. The molecule has 3 aromatic heterocycles. The van der Waals surface area contributed by atoms with Gasteiger partial charge in [-0.25, -0.2) is 0 Å². The van der Waals surface area contributed by atoms with Crippen LogP contribution in [0.5, 0.6) is 0 Å². The zero-order valence-corrected chi connectivity index (χ0v) is 28.4. The van der Waals surface area contributed by atoms with E-state index in [1.54, 1.807) is 0 Å². The van der Waals surface area contributed by atoms with E-state index in [2.05, 4.69) is 191 Å². The second-order valence-electron chi connectivity index (χ2n) is 13.3. The molecule has 3 heterocycles. The highest BCUT2D eigenvalue weighted by molar-refractivity contribution is 7.25. The number of fused-ring (bicyclic) bond motifs is 10. The van der Waals surface area contributed by atoms with Gasteiger partial charge in [0, 0.05) is 47.4 Å². The minimum Gasteiger partial charge on any atom is -0.309 e. The first-order valence-electron chi connectivity index (χ1n) is 17.4. The molecular weight excluding hydrogens is 637 g/mol. The van der Waals surface area contributed by atoms with Crippen LogP contribution in [0.1, 0.15) is 0 Å². The molecule has 0 fully saturated rings. The highest BCUT2D eigenvalue weighted by Gasteiger charge is 2.22. The summed E-state index contributed by atoms with van der Waals surface area (Å²) in [6, 6.07) is 66.6. The van der Waals surface area contributed by atoms with Gasteiger partial charge in [-0.15, -0.1) is 11.3 Å². The third-order valence-corrected chi connectivity index (χ3v) is 11.6. The lowest BCUT2D eigenvalue weighted by Gasteiger charge is -2.13. The summed E-state index contributed by atoms with van der Waals surface area (Å²) in [6.07, 6.45) is 0. The quantitative estimate of drug-likeness (QED) is 0.177. The molecule has 0 unspecified atom stereocenters. The van der Waals surface area contributed by atoms with Crippen LogP contribution in [0.3, 0.4) is 0 Å². The molecule has 238 valence electrons. The number of aromatic nitrogens is 2. The van der Waals surface area contributed by atoms with Gasteiger partial charge in [0.25, 0.3) is 0 Å². The minimum absolute atomic E-state index is 1.15. The summed E-state index contributed by atoms with van der Waals surface area (Å²) in [5.41, 5.74) is 12.1. The largest absolute Gasteiger partial charge is 0.309 e. The molecule has 0 aliphatic rings. The Hall–Kier alpha value is -6.42. The van der Waals surface area contributed by atoms with Gasteiger partial charge >= 0.3 is 0 Å².